The third-order valence-corrected chi connectivity index (χ3v) is 2.26. The Morgan fingerprint density at radius 2 is 2.22 bits per heavy atom. The molecule has 0 aliphatic rings. The summed E-state index contributed by atoms with van der Waals surface area (Å²) in [7, 11) is 3.15. The Bertz CT molecular complexity index is 515. The van der Waals surface area contributed by atoms with Crippen LogP contribution in [0.4, 0.5) is 5.69 Å². The average molecular weight is 245 g/mol. The first kappa shape index (κ1) is 13.6. The number of aryl methyl sites for hydroxylation is 1. The standard InChI is InChI=1S/C13H15N3O2/c1-9-4-5-12(18-3)11(6-9)16-13(17)10(7-14)8-15-2/h4-6,8,15H,1-3H3,(H,16,17)/b10-8-. The molecule has 0 bridgehead atoms. The van der Waals surface area contributed by atoms with Crippen LogP contribution >= 0.6 is 0 Å². The van der Waals surface area contributed by atoms with Crippen LogP contribution in [-0.4, -0.2) is 20.1 Å². The number of benzene rings is 1. The van der Waals surface area contributed by atoms with Gasteiger partial charge in [0.1, 0.15) is 17.4 Å². The summed E-state index contributed by atoms with van der Waals surface area (Å²) in [5.41, 5.74) is 1.53. The van der Waals surface area contributed by atoms with E-state index >= 15 is 0 Å². The van der Waals surface area contributed by atoms with E-state index in [0.717, 1.165) is 5.56 Å². The number of anilines is 1. The van der Waals surface area contributed by atoms with Crippen LogP contribution in [0, 0.1) is 18.3 Å². The van der Waals surface area contributed by atoms with Crippen LogP contribution < -0.4 is 15.4 Å². The summed E-state index contributed by atoms with van der Waals surface area (Å²) in [4.78, 5) is 11.8. The van der Waals surface area contributed by atoms with Crippen molar-refractivity contribution in [3.05, 3.63) is 35.5 Å². The molecule has 5 nitrogen and oxygen atoms in total. The van der Waals surface area contributed by atoms with Gasteiger partial charge in [0.2, 0.25) is 0 Å². The Morgan fingerprint density at radius 3 is 2.78 bits per heavy atom. The van der Waals surface area contributed by atoms with Crippen molar-refractivity contribution < 1.29 is 9.53 Å². The molecule has 0 heterocycles. The Labute approximate surface area is 106 Å². The lowest BCUT2D eigenvalue weighted by Crippen LogP contribution is -2.16. The van der Waals surface area contributed by atoms with Crippen molar-refractivity contribution in [3.63, 3.8) is 0 Å². The predicted molar refractivity (Wildman–Crippen MR) is 69.1 cm³/mol. The van der Waals surface area contributed by atoms with E-state index in [1.54, 1.807) is 19.2 Å². The van der Waals surface area contributed by atoms with Gasteiger partial charge in [-0.3, -0.25) is 4.79 Å². The van der Waals surface area contributed by atoms with E-state index in [1.165, 1.54) is 13.3 Å². The fourth-order valence-corrected chi connectivity index (χ4v) is 1.40. The SMILES string of the molecule is CN/C=C(/C#N)C(=O)Nc1cc(C)ccc1OC. The molecule has 1 aromatic rings. The van der Waals surface area contributed by atoms with Gasteiger partial charge in [0.05, 0.1) is 12.8 Å². The summed E-state index contributed by atoms with van der Waals surface area (Å²) in [5, 5.41) is 14.1. The smallest absolute Gasteiger partial charge is 0.267 e. The summed E-state index contributed by atoms with van der Waals surface area (Å²) >= 11 is 0. The van der Waals surface area contributed by atoms with E-state index in [9.17, 15) is 4.79 Å². The monoisotopic (exact) mass is 245 g/mol. The normalized spacial score (nSPS) is 10.4. The number of ether oxygens (including phenoxy) is 1. The molecule has 1 aromatic carbocycles. The highest BCUT2D eigenvalue weighted by Crippen LogP contribution is 2.25. The molecule has 5 heteroatoms. The van der Waals surface area contributed by atoms with Crippen molar-refractivity contribution in [1.29, 1.82) is 5.26 Å². The van der Waals surface area contributed by atoms with Gasteiger partial charge in [-0.15, -0.1) is 0 Å². The quantitative estimate of drug-likeness (QED) is 0.623. The second-order valence-electron chi connectivity index (χ2n) is 3.62. The van der Waals surface area contributed by atoms with Gasteiger partial charge < -0.3 is 15.4 Å². The van der Waals surface area contributed by atoms with Gasteiger partial charge in [0.25, 0.3) is 5.91 Å². The summed E-state index contributed by atoms with van der Waals surface area (Å²) < 4.78 is 5.14. The fourth-order valence-electron chi connectivity index (χ4n) is 1.40. The van der Waals surface area contributed by atoms with Gasteiger partial charge in [0.15, 0.2) is 0 Å². The molecule has 0 saturated carbocycles. The maximum absolute atomic E-state index is 11.8. The molecular weight excluding hydrogens is 230 g/mol. The van der Waals surface area contributed by atoms with Crippen molar-refractivity contribution in [1.82, 2.24) is 5.32 Å². The second-order valence-corrected chi connectivity index (χ2v) is 3.62. The number of carbonyl (C=O) groups is 1. The molecule has 0 aliphatic heterocycles. The van der Waals surface area contributed by atoms with Crippen molar-refractivity contribution >= 4 is 11.6 Å². The van der Waals surface area contributed by atoms with E-state index < -0.39 is 5.91 Å². The number of hydrogen-bond acceptors (Lipinski definition) is 4. The first-order chi connectivity index (χ1) is 8.62. The molecular formula is C13H15N3O2. The molecule has 0 saturated heterocycles. The minimum atomic E-state index is -0.476. The lowest BCUT2D eigenvalue weighted by molar-refractivity contribution is -0.112. The second kappa shape index (κ2) is 6.30. The molecule has 18 heavy (non-hydrogen) atoms. The minimum Gasteiger partial charge on any atom is -0.495 e. The maximum atomic E-state index is 11.8. The lowest BCUT2D eigenvalue weighted by atomic mass is 10.2. The summed E-state index contributed by atoms with van der Waals surface area (Å²) in [5.74, 6) is 0.0754. The van der Waals surface area contributed by atoms with Crippen molar-refractivity contribution in [2.45, 2.75) is 6.92 Å². The van der Waals surface area contributed by atoms with Crippen LogP contribution in [0.5, 0.6) is 5.75 Å². The molecule has 0 spiro atoms. The topological polar surface area (TPSA) is 74.2 Å². The molecule has 2 N–H and O–H groups in total. The number of methoxy groups -OCH3 is 1. The van der Waals surface area contributed by atoms with Gasteiger partial charge in [-0.1, -0.05) is 6.07 Å². The summed E-state index contributed by atoms with van der Waals surface area (Å²) in [6, 6.07) is 7.24. The summed E-state index contributed by atoms with van der Waals surface area (Å²) in [6.45, 7) is 1.91. The predicted octanol–water partition coefficient (Wildman–Crippen LogP) is 1.57. The van der Waals surface area contributed by atoms with Gasteiger partial charge in [-0.05, 0) is 24.6 Å². The first-order valence-electron chi connectivity index (χ1n) is 5.36. The van der Waals surface area contributed by atoms with Crippen molar-refractivity contribution in [2.24, 2.45) is 0 Å². The van der Waals surface area contributed by atoms with Crippen LogP contribution in [0.1, 0.15) is 5.56 Å². The third kappa shape index (κ3) is 3.25. The first-order valence-corrected chi connectivity index (χ1v) is 5.36. The lowest BCUT2D eigenvalue weighted by Gasteiger charge is -2.10. The molecule has 0 fully saturated rings. The zero-order chi connectivity index (χ0) is 13.5. The van der Waals surface area contributed by atoms with Crippen molar-refractivity contribution in [3.8, 4) is 11.8 Å². The number of nitrogens with one attached hydrogen (secondary N) is 2. The zero-order valence-corrected chi connectivity index (χ0v) is 10.6. The molecule has 0 unspecified atom stereocenters. The minimum absolute atomic E-state index is 0.000981. The number of carbonyl (C=O) groups excluding carboxylic acids is 1. The Kier molecular flexibility index (Phi) is 4.76. The highest BCUT2D eigenvalue weighted by Gasteiger charge is 2.11. The molecule has 94 valence electrons. The zero-order valence-electron chi connectivity index (χ0n) is 10.6. The molecule has 0 aliphatic carbocycles. The summed E-state index contributed by atoms with van der Waals surface area (Å²) in [6.07, 6.45) is 1.34. The van der Waals surface area contributed by atoms with E-state index in [2.05, 4.69) is 10.6 Å². The number of nitriles is 1. The molecule has 0 atom stereocenters. The molecule has 0 radical (unpaired) electrons. The van der Waals surface area contributed by atoms with E-state index in [0.29, 0.717) is 11.4 Å². The van der Waals surface area contributed by atoms with Gasteiger partial charge in [0, 0.05) is 13.2 Å². The van der Waals surface area contributed by atoms with Crippen LogP contribution in [0.3, 0.4) is 0 Å². The van der Waals surface area contributed by atoms with Gasteiger partial charge in [-0.2, -0.15) is 5.26 Å². The molecule has 1 rings (SSSR count). The number of nitrogens with zero attached hydrogens (tertiary/aromatic N) is 1. The van der Waals surface area contributed by atoms with Crippen LogP contribution in [0.2, 0.25) is 0 Å². The maximum Gasteiger partial charge on any atom is 0.267 e. The number of rotatable bonds is 4. The van der Waals surface area contributed by atoms with Crippen LogP contribution in [0.25, 0.3) is 0 Å². The largest absolute Gasteiger partial charge is 0.495 e. The number of hydrogen-bond donors (Lipinski definition) is 2. The Morgan fingerprint density at radius 1 is 1.50 bits per heavy atom. The van der Waals surface area contributed by atoms with E-state index in [4.69, 9.17) is 10.00 Å². The van der Waals surface area contributed by atoms with E-state index in [1.807, 2.05) is 19.1 Å². The van der Waals surface area contributed by atoms with Crippen molar-refractivity contribution in [2.75, 3.05) is 19.5 Å². The molecule has 1 amide bonds. The highest BCUT2D eigenvalue weighted by molar-refractivity contribution is 6.07. The fraction of sp³-hybridized carbons (Fsp3) is 0.231. The average Bonchev–Trinajstić information content (AvgIpc) is 2.36. The number of amides is 1. The van der Waals surface area contributed by atoms with E-state index in [-0.39, 0.29) is 5.57 Å². The Hall–Kier alpha value is -2.48. The van der Waals surface area contributed by atoms with Crippen LogP contribution in [-0.2, 0) is 4.79 Å². The third-order valence-electron chi connectivity index (χ3n) is 2.26. The Balaban J connectivity index is 2.98. The molecule has 0 aromatic heterocycles. The highest BCUT2D eigenvalue weighted by atomic mass is 16.5. The van der Waals surface area contributed by atoms with Crippen LogP contribution in [0.15, 0.2) is 30.0 Å². The van der Waals surface area contributed by atoms with Gasteiger partial charge in [-0.25, -0.2) is 0 Å². The van der Waals surface area contributed by atoms with Gasteiger partial charge >= 0.3 is 0 Å².